The summed E-state index contributed by atoms with van der Waals surface area (Å²) < 4.78 is 9.69. The van der Waals surface area contributed by atoms with Gasteiger partial charge in [-0.05, 0) is 0 Å². The molecule has 2 heterocycles. The van der Waals surface area contributed by atoms with Crippen LogP contribution in [0.15, 0.2) is 0 Å². The molecular formula is C12H22O12. The van der Waals surface area contributed by atoms with Gasteiger partial charge >= 0.3 is 0 Å². The fourth-order valence-corrected chi connectivity index (χ4v) is 2.90. The molecule has 0 bridgehead atoms. The summed E-state index contributed by atoms with van der Waals surface area (Å²) in [6.07, 6.45) is -16.2. The first-order chi connectivity index (χ1) is 11.0. The van der Waals surface area contributed by atoms with E-state index in [2.05, 4.69) is 0 Å². The van der Waals surface area contributed by atoms with E-state index in [4.69, 9.17) is 19.7 Å². The zero-order chi connectivity index (χ0) is 18.4. The second-order valence-corrected chi connectivity index (χ2v) is 5.92. The van der Waals surface area contributed by atoms with Crippen LogP contribution in [0, 0.1) is 0 Å². The van der Waals surface area contributed by atoms with Gasteiger partial charge < -0.3 is 60.5 Å². The van der Waals surface area contributed by atoms with Crippen molar-refractivity contribution in [3.8, 4) is 0 Å². The van der Waals surface area contributed by atoms with Crippen molar-refractivity contribution in [3.63, 3.8) is 0 Å². The zero-order valence-electron chi connectivity index (χ0n) is 12.3. The van der Waals surface area contributed by atoms with Gasteiger partial charge in [-0.2, -0.15) is 0 Å². The molecule has 10 atom stereocenters. The van der Waals surface area contributed by atoms with E-state index in [-0.39, 0.29) is 0 Å². The molecule has 142 valence electrons. The third-order valence-electron chi connectivity index (χ3n) is 4.45. The summed E-state index contributed by atoms with van der Waals surface area (Å²) in [6, 6.07) is 0. The van der Waals surface area contributed by atoms with Gasteiger partial charge in [-0.15, -0.1) is 0 Å². The maximum absolute atomic E-state index is 10.5. The number of aliphatic hydroxyl groups excluding tert-OH is 8. The molecule has 0 saturated carbocycles. The highest BCUT2D eigenvalue weighted by Gasteiger charge is 2.71. The Morgan fingerprint density at radius 1 is 0.583 bits per heavy atom. The fourth-order valence-electron chi connectivity index (χ4n) is 2.90. The predicted molar refractivity (Wildman–Crippen MR) is 69.9 cm³/mol. The van der Waals surface area contributed by atoms with Crippen molar-refractivity contribution in [2.45, 2.75) is 60.4 Å². The lowest BCUT2D eigenvalue weighted by molar-refractivity contribution is -0.490. The minimum atomic E-state index is -3.33. The van der Waals surface area contributed by atoms with Crippen LogP contribution in [-0.2, 0) is 9.47 Å². The van der Waals surface area contributed by atoms with E-state index in [0.717, 1.165) is 0 Å². The topological polar surface area (TPSA) is 221 Å². The Bertz CT molecular complexity index is 406. The SMILES string of the molecule is OCC1OC(O)(C2(O)OC(CO)C(O)C(O)C2O)C(O)C(O)C1O. The Kier molecular flexibility index (Phi) is 5.52. The van der Waals surface area contributed by atoms with Crippen LogP contribution in [0.5, 0.6) is 0 Å². The van der Waals surface area contributed by atoms with Crippen molar-refractivity contribution >= 4 is 0 Å². The van der Waals surface area contributed by atoms with Gasteiger partial charge in [0.15, 0.2) is 0 Å². The van der Waals surface area contributed by atoms with Gasteiger partial charge in [-0.3, -0.25) is 0 Å². The minimum absolute atomic E-state index is 0.950. The Balaban J connectivity index is 2.45. The average Bonchev–Trinajstić information content (AvgIpc) is 2.57. The molecule has 12 nitrogen and oxygen atoms in total. The van der Waals surface area contributed by atoms with E-state index in [1.165, 1.54) is 0 Å². The average molecular weight is 358 g/mol. The molecule has 10 N–H and O–H groups in total. The largest absolute Gasteiger partial charge is 0.394 e. The first-order valence-electron chi connectivity index (χ1n) is 7.15. The molecule has 2 fully saturated rings. The molecule has 0 aromatic heterocycles. The van der Waals surface area contributed by atoms with E-state index in [9.17, 15) is 40.9 Å². The van der Waals surface area contributed by atoms with Crippen LogP contribution in [0.2, 0.25) is 0 Å². The molecule has 12 heteroatoms. The number of hydrogen-bond acceptors (Lipinski definition) is 12. The monoisotopic (exact) mass is 358 g/mol. The maximum atomic E-state index is 10.5. The molecule has 10 unspecified atom stereocenters. The Morgan fingerprint density at radius 3 is 1.12 bits per heavy atom. The van der Waals surface area contributed by atoms with Gasteiger partial charge in [0.2, 0.25) is 0 Å². The molecular weight excluding hydrogens is 336 g/mol. The smallest absolute Gasteiger partial charge is 0.254 e. The Labute approximate surface area is 135 Å². The number of rotatable bonds is 3. The summed E-state index contributed by atoms with van der Waals surface area (Å²) >= 11 is 0. The molecule has 2 saturated heterocycles. The van der Waals surface area contributed by atoms with E-state index < -0.39 is 73.6 Å². The van der Waals surface area contributed by atoms with Gasteiger partial charge in [-0.25, -0.2) is 0 Å². The number of ether oxygens (including phenoxy) is 2. The first kappa shape index (κ1) is 19.8. The molecule has 0 aromatic rings. The second-order valence-electron chi connectivity index (χ2n) is 5.92. The molecule has 2 aliphatic rings. The molecule has 0 amide bonds. The second kappa shape index (κ2) is 6.68. The van der Waals surface area contributed by atoms with Crippen LogP contribution in [-0.4, -0.2) is 125 Å². The zero-order valence-corrected chi connectivity index (χ0v) is 12.3. The standard InChI is InChI=1S/C12H22O12/c13-1-3-5(15)7(17)9(19)11(21,23-3)12(22)10(20)8(18)6(16)4(2-14)24-12/h3-10,13-22H,1-2H2. The molecule has 0 spiro atoms. The van der Waals surface area contributed by atoms with Crippen LogP contribution < -0.4 is 0 Å². The van der Waals surface area contributed by atoms with Gasteiger partial charge in [-0.1, -0.05) is 0 Å². The highest BCUT2D eigenvalue weighted by molar-refractivity contribution is 5.09. The van der Waals surface area contributed by atoms with Crippen LogP contribution in [0.3, 0.4) is 0 Å². The third-order valence-corrected chi connectivity index (χ3v) is 4.45. The van der Waals surface area contributed by atoms with Gasteiger partial charge in [0, 0.05) is 0 Å². The highest BCUT2D eigenvalue weighted by Crippen LogP contribution is 2.43. The lowest BCUT2D eigenvalue weighted by atomic mass is 9.80. The molecule has 0 aromatic carbocycles. The van der Waals surface area contributed by atoms with Crippen LogP contribution in [0.1, 0.15) is 0 Å². The van der Waals surface area contributed by atoms with E-state index in [1.54, 1.807) is 0 Å². The van der Waals surface area contributed by atoms with Crippen LogP contribution in [0.25, 0.3) is 0 Å². The van der Waals surface area contributed by atoms with E-state index in [1.807, 2.05) is 0 Å². The molecule has 2 aliphatic heterocycles. The lowest BCUT2D eigenvalue weighted by Gasteiger charge is -2.56. The first-order valence-corrected chi connectivity index (χ1v) is 7.15. The maximum Gasteiger partial charge on any atom is 0.254 e. The van der Waals surface area contributed by atoms with E-state index in [0.29, 0.717) is 0 Å². The van der Waals surface area contributed by atoms with Crippen LogP contribution in [0.4, 0.5) is 0 Å². The summed E-state index contributed by atoms with van der Waals surface area (Å²) in [5, 5.41) is 98.3. The Morgan fingerprint density at radius 2 is 0.875 bits per heavy atom. The molecule has 0 aliphatic carbocycles. The predicted octanol–water partition coefficient (Wildman–Crippen LogP) is -6.69. The summed E-state index contributed by atoms with van der Waals surface area (Å²) in [7, 11) is 0. The lowest BCUT2D eigenvalue weighted by Crippen LogP contribution is -2.81. The third kappa shape index (κ3) is 2.65. The molecule has 24 heavy (non-hydrogen) atoms. The van der Waals surface area contributed by atoms with Gasteiger partial charge in [0.1, 0.15) is 48.8 Å². The summed E-state index contributed by atoms with van der Waals surface area (Å²) in [5.74, 6) is -6.65. The van der Waals surface area contributed by atoms with Crippen molar-refractivity contribution in [2.75, 3.05) is 13.2 Å². The van der Waals surface area contributed by atoms with Gasteiger partial charge in [0.05, 0.1) is 13.2 Å². The quantitative estimate of drug-likeness (QED) is 0.227. The van der Waals surface area contributed by atoms with Crippen molar-refractivity contribution < 1.29 is 60.5 Å². The summed E-state index contributed by atoms with van der Waals surface area (Å²) in [5.41, 5.74) is 0. The van der Waals surface area contributed by atoms with Crippen molar-refractivity contribution in [3.05, 3.63) is 0 Å². The number of hydrogen-bond donors (Lipinski definition) is 10. The van der Waals surface area contributed by atoms with Crippen molar-refractivity contribution in [1.29, 1.82) is 0 Å². The number of aliphatic hydroxyl groups is 10. The normalized spacial score (nSPS) is 56.2. The highest BCUT2D eigenvalue weighted by atomic mass is 16.7. The van der Waals surface area contributed by atoms with Crippen LogP contribution >= 0.6 is 0 Å². The minimum Gasteiger partial charge on any atom is -0.394 e. The van der Waals surface area contributed by atoms with Crippen molar-refractivity contribution in [1.82, 2.24) is 0 Å². The summed E-state index contributed by atoms with van der Waals surface area (Å²) in [4.78, 5) is 0. The molecule has 0 radical (unpaired) electrons. The fraction of sp³-hybridized carbons (Fsp3) is 1.00. The van der Waals surface area contributed by atoms with Crippen molar-refractivity contribution in [2.24, 2.45) is 0 Å². The van der Waals surface area contributed by atoms with Gasteiger partial charge in [0.25, 0.3) is 11.6 Å². The molecule has 2 rings (SSSR count). The summed E-state index contributed by atoms with van der Waals surface area (Å²) in [6.45, 7) is -1.90. The van der Waals surface area contributed by atoms with E-state index >= 15 is 0 Å². The Hall–Kier alpha value is -0.480.